The summed E-state index contributed by atoms with van der Waals surface area (Å²) in [5.41, 5.74) is 2.68. The molecule has 1 aliphatic carbocycles. The number of hydrogen-bond donors (Lipinski definition) is 2. The zero-order valence-electron chi connectivity index (χ0n) is 12.2. The van der Waals surface area contributed by atoms with E-state index in [-0.39, 0.29) is 16.7 Å². The molecule has 2 aromatic heterocycles. The fourth-order valence-electron chi connectivity index (χ4n) is 3.46. The maximum atomic E-state index is 12.7. The topological polar surface area (TPSA) is 107 Å². The molecular weight excluding hydrogens is 294 g/mol. The van der Waals surface area contributed by atoms with Gasteiger partial charge in [-0.15, -0.1) is 0 Å². The van der Waals surface area contributed by atoms with Crippen molar-refractivity contribution in [3.05, 3.63) is 39.9 Å². The molecule has 23 heavy (non-hydrogen) atoms. The van der Waals surface area contributed by atoms with E-state index < -0.39 is 11.2 Å². The van der Waals surface area contributed by atoms with Crippen molar-refractivity contribution in [2.45, 2.75) is 31.3 Å². The van der Waals surface area contributed by atoms with Gasteiger partial charge in [0.1, 0.15) is 40.5 Å². The molecule has 7 nitrogen and oxygen atoms in total. The van der Waals surface area contributed by atoms with Gasteiger partial charge in [0.15, 0.2) is 0 Å². The highest BCUT2D eigenvalue weighted by Gasteiger charge is 2.42. The van der Waals surface area contributed by atoms with E-state index in [1.54, 1.807) is 12.1 Å². The van der Waals surface area contributed by atoms with Crippen molar-refractivity contribution in [2.24, 2.45) is 0 Å². The van der Waals surface area contributed by atoms with E-state index >= 15 is 0 Å². The lowest BCUT2D eigenvalue weighted by atomic mass is 10.0. The van der Waals surface area contributed by atoms with E-state index in [1.165, 1.54) is 10.9 Å². The summed E-state index contributed by atoms with van der Waals surface area (Å²) in [7, 11) is 0. The van der Waals surface area contributed by atoms with Gasteiger partial charge in [-0.3, -0.25) is 10.2 Å². The normalized spacial score (nSPS) is 17.1. The number of aromatic nitrogens is 1. The fourth-order valence-corrected chi connectivity index (χ4v) is 3.46. The number of rotatable bonds is 1. The van der Waals surface area contributed by atoms with Crippen LogP contribution in [0.1, 0.15) is 36.8 Å². The minimum Gasteiger partial charge on any atom is -0.464 e. The number of pyridine rings is 1. The number of hydrogen-bond acceptors (Lipinski definition) is 6. The van der Waals surface area contributed by atoms with Crippen molar-refractivity contribution in [1.29, 1.82) is 10.5 Å². The van der Waals surface area contributed by atoms with Gasteiger partial charge in [-0.05, 0) is 37.8 Å². The van der Waals surface area contributed by atoms with Gasteiger partial charge < -0.3 is 9.73 Å². The van der Waals surface area contributed by atoms with Gasteiger partial charge in [-0.1, -0.05) is 0 Å². The molecule has 0 saturated heterocycles. The Morgan fingerprint density at radius 1 is 1.22 bits per heavy atom. The third-order valence-corrected chi connectivity index (χ3v) is 4.51. The minimum atomic E-state index is -0.468. The van der Waals surface area contributed by atoms with Gasteiger partial charge >= 0.3 is 0 Å². The van der Waals surface area contributed by atoms with Gasteiger partial charge in [-0.2, -0.15) is 10.5 Å². The highest BCUT2D eigenvalue weighted by atomic mass is 16.3. The third kappa shape index (κ3) is 1.77. The maximum absolute atomic E-state index is 12.7. The van der Waals surface area contributed by atoms with Crippen LogP contribution in [-0.4, -0.2) is 10.3 Å². The molecular formula is C16H13N5O2. The first kappa shape index (κ1) is 13.5. The van der Waals surface area contributed by atoms with Crippen LogP contribution in [0.15, 0.2) is 27.6 Å². The quantitative estimate of drug-likeness (QED) is 0.835. The van der Waals surface area contributed by atoms with Crippen LogP contribution in [0.4, 0.5) is 5.82 Å². The smallest absolute Gasteiger partial charge is 0.289 e. The first-order valence-electron chi connectivity index (χ1n) is 7.42. The van der Waals surface area contributed by atoms with Crippen LogP contribution in [0.3, 0.4) is 0 Å². The molecule has 114 valence electrons. The Morgan fingerprint density at radius 3 is 2.57 bits per heavy atom. The molecule has 0 atom stereocenters. The summed E-state index contributed by atoms with van der Waals surface area (Å²) in [5, 5.41) is 22.4. The van der Waals surface area contributed by atoms with Crippen molar-refractivity contribution in [3.63, 3.8) is 0 Å². The lowest BCUT2D eigenvalue weighted by Gasteiger charge is -2.23. The summed E-state index contributed by atoms with van der Waals surface area (Å²) in [6.45, 7) is 0. The van der Waals surface area contributed by atoms with Crippen LogP contribution >= 0.6 is 0 Å². The van der Waals surface area contributed by atoms with Gasteiger partial charge in [0.05, 0.1) is 11.8 Å². The largest absolute Gasteiger partial charge is 0.464 e. The molecule has 1 saturated carbocycles. The molecule has 4 rings (SSSR count). The summed E-state index contributed by atoms with van der Waals surface area (Å²) < 4.78 is 6.64. The van der Waals surface area contributed by atoms with Crippen LogP contribution in [0.2, 0.25) is 0 Å². The average molecular weight is 307 g/mol. The van der Waals surface area contributed by atoms with E-state index in [0.717, 1.165) is 25.7 Å². The van der Waals surface area contributed by atoms with Crippen molar-refractivity contribution in [2.75, 3.05) is 10.7 Å². The van der Waals surface area contributed by atoms with Crippen molar-refractivity contribution in [3.8, 4) is 23.5 Å². The molecule has 1 spiro atoms. The first-order valence-corrected chi connectivity index (χ1v) is 7.42. The summed E-state index contributed by atoms with van der Waals surface area (Å²) in [6, 6.07) is 7.34. The van der Waals surface area contributed by atoms with Gasteiger partial charge in [-0.25, -0.2) is 4.68 Å². The monoisotopic (exact) mass is 307 g/mol. The van der Waals surface area contributed by atoms with Crippen LogP contribution in [0, 0.1) is 22.7 Å². The van der Waals surface area contributed by atoms with Gasteiger partial charge in [0.25, 0.3) is 5.56 Å². The zero-order valence-corrected chi connectivity index (χ0v) is 12.2. The predicted octanol–water partition coefficient (Wildman–Crippen LogP) is 2.09. The summed E-state index contributed by atoms with van der Waals surface area (Å²) >= 11 is 0. The lowest BCUT2D eigenvalue weighted by molar-refractivity contribution is 0.530. The second-order valence-corrected chi connectivity index (χ2v) is 5.84. The number of fused-ring (bicyclic) bond motifs is 1. The van der Waals surface area contributed by atoms with Crippen LogP contribution in [-0.2, 0) is 0 Å². The first-order chi connectivity index (χ1) is 11.2. The van der Waals surface area contributed by atoms with Crippen molar-refractivity contribution >= 4 is 5.82 Å². The summed E-state index contributed by atoms with van der Waals surface area (Å²) in [5.74, 6) is 0.748. The molecule has 0 unspecified atom stereocenters. The second-order valence-electron chi connectivity index (χ2n) is 5.84. The van der Waals surface area contributed by atoms with E-state index in [0.29, 0.717) is 11.6 Å². The fraction of sp³-hybridized carbons (Fsp3) is 0.312. The Labute approximate surface area is 131 Å². The standard InChI is InChI=1S/C16H13N5O2/c17-8-10-13(12-4-3-7-23-12)11(9-18)15(22)21-14(10)19-16(20-21)5-1-2-6-16/h3-4,7,19-20H,1-2,5-6H2. The predicted molar refractivity (Wildman–Crippen MR) is 82.0 cm³/mol. The van der Waals surface area contributed by atoms with Crippen molar-refractivity contribution < 1.29 is 4.42 Å². The molecule has 2 aliphatic rings. The Morgan fingerprint density at radius 2 is 1.96 bits per heavy atom. The van der Waals surface area contributed by atoms with Crippen molar-refractivity contribution in [1.82, 2.24) is 4.68 Å². The van der Waals surface area contributed by atoms with Gasteiger partial charge in [0.2, 0.25) is 0 Å². The van der Waals surface area contributed by atoms with Crippen LogP contribution in [0.5, 0.6) is 0 Å². The third-order valence-electron chi connectivity index (χ3n) is 4.51. The van der Waals surface area contributed by atoms with E-state index in [2.05, 4.69) is 16.8 Å². The Bertz CT molecular complexity index is 921. The number of nitrogens with zero attached hydrogens (tertiary/aromatic N) is 3. The molecule has 1 fully saturated rings. The minimum absolute atomic E-state index is 0.0930. The number of anilines is 1. The highest BCUT2D eigenvalue weighted by molar-refractivity contribution is 5.79. The maximum Gasteiger partial charge on any atom is 0.289 e. The SMILES string of the molecule is N#Cc1c(-c2ccco2)c(C#N)c(=O)n2c1NC1(CCCC1)N2. The van der Waals surface area contributed by atoms with E-state index in [1.807, 2.05) is 6.07 Å². The highest BCUT2D eigenvalue weighted by Crippen LogP contribution is 2.39. The molecule has 0 radical (unpaired) electrons. The summed E-state index contributed by atoms with van der Waals surface area (Å²) in [4.78, 5) is 12.7. The average Bonchev–Trinajstić information content (AvgIpc) is 3.29. The van der Waals surface area contributed by atoms with E-state index in [4.69, 9.17) is 4.42 Å². The van der Waals surface area contributed by atoms with E-state index in [9.17, 15) is 15.3 Å². The van der Waals surface area contributed by atoms with Gasteiger partial charge in [0, 0.05) is 0 Å². The second kappa shape index (κ2) is 4.65. The Kier molecular flexibility index (Phi) is 2.73. The Hall–Kier alpha value is -3.19. The molecule has 0 amide bonds. The number of nitrogens with one attached hydrogen (secondary N) is 2. The molecule has 3 heterocycles. The molecule has 7 heteroatoms. The molecule has 2 N–H and O–H groups in total. The zero-order chi connectivity index (χ0) is 16.0. The lowest BCUT2D eigenvalue weighted by Crippen LogP contribution is -2.42. The summed E-state index contributed by atoms with van der Waals surface area (Å²) in [6.07, 6.45) is 5.25. The molecule has 0 aromatic carbocycles. The Balaban J connectivity index is 2.02. The molecule has 1 aliphatic heterocycles. The molecule has 2 aromatic rings. The van der Waals surface area contributed by atoms with Crippen LogP contribution < -0.4 is 16.3 Å². The number of nitriles is 2. The molecule has 0 bridgehead atoms. The number of furan rings is 1. The van der Waals surface area contributed by atoms with Crippen LogP contribution in [0.25, 0.3) is 11.3 Å².